The molecule has 0 aromatic heterocycles. The van der Waals surface area contributed by atoms with Gasteiger partial charge in [0.15, 0.2) is 17.4 Å². The monoisotopic (exact) mass is 343 g/mol. The maximum absolute atomic E-state index is 13.7. The molecule has 1 amide bonds. The Labute approximate surface area is 138 Å². The molecule has 1 heterocycles. The van der Waals surface area contributed by atoms with Crippen LogP contribution in [0.5, 0.6) is 5.75 Å². The Morgan fingerprint density at radius 2 is 1.83 bits per heavy atom. The molecule has 1 saturated heterocycles. The zero-order chi connectivity index (χ0) is 18.1. The quantitative estimate of drug-likeness (QED) is 0.913. The van der Waals surface area contributed by atoms with Crippen molar-refractivity contribution < 1.29 is 33.0 Å². The third kappa shape index (κ3) is 4.12. The molecule has 2 atom stereocenters. The van der Waals surface area contributed by atoms with Crippen LogP contribution >= 0.6 is 0 Å². The highest BCUT2D eigenvalue weighted by Crippen LogP contribution is 2.28. The zero-order valence-electron chi connectivity index (χ0n) is 13.6. The summed E-state index contributed by atoms with van der Waals surface area (Å²) in [5, 5.41) is 9.27. The van der Waals surface area contributed by atoms with Gasteiger partial charge in [0.25, 0.3) is 0 Å². The minimum Gasteiger partial charge on any atom is -0.482 e. The Morgan fingerprint density at radius 3 is 2.33 bits per heavy atom. The van der Waals surface area contributed by atoms with Crippen molar-refractivity contribution in [3.05, 3.63) is 29.8 Å². The second-order valence-electron chi connectivity index (χ2n) is 6.51. The van der Waals surface area contributed by atoms with Crippen LogP contribution in [-0.4, -0.2) is 46.4 Å². The third-order valence-corrected chi connectivity index (χ3v) is 3.38. The fourth-order valence-electron chi connectivity index (χ4n) is 2.40. The Bertz CT molecular complexity index is 624. The lowest BCUT2D eigenvalue weighted by Crippen LogP contribution is -2.43. The molecule has 132 valence electrons. The van der Waals surface area contributed by atoms with Crippen molar-refractivity contribution in [3.63, 3.8) is 0 Å². The number of benzene rings is 1. The van der Waals surface area contributed by atoms with Gasteiger partial charge in [-0.25, -0.2) is 18.4 Å². The van der Waals surface area contributed by atoms with Crippen molar-refractivity contribution in [2.24, 2.45) is 0 Å². The van der Waals surface area contributed by atoms with Crippen LogP contribution in [0, 0.1) is 11.6 Å². The number of carboxylic acids is 1. The molecule has 2 rings (SSSR count). The number of hydrogen-bond acceptors (Lipinski definition) is 4. The molecule has 1 aliphatic heterocycles. The van der Waals surface area contributed by atoms with Gasteiger partial charge >= 0.3 is 12.1 Å². The lowest BCUT2D eigenvalue weighted by Gasteiger charge is -2.26. The number of rotatable bonds is 3. The van der Waals surface area contributed by atoms with Gasteiger partial charge in [0.1, 0.15) is 17.7 Å². The predicted octanol–water partition coefficient (Wildman–Crippen LogP) is 2.81. The molecule has 1 aromatic rings. The SMILES string of the molecule is CC(C)(C)OC(=O)N1C[C@@H](Oc2c(F)cccc2F)C[C@H]1C(=O)O. The molecule has 0 aliphatic carbocycles. The van der Waals surface area contributed by atoms with Crippen LogP contribution in [0.25, 0.3) is 0 Å². The van der Waals surface area contributed by atoms with Crippen LogP contribution in [0.3, 0.4) is 0 Å². The number of ether oxygens (including phenoxy) is 2. The highest BCUT2D eigenvalue weighted by molar-refractivity contribution is 5.81. The fraction of sp³-hybridized carbons (Fsp3) is 0.500. The van der Waals surface area contributed by atoms with Crippen molar-refractivity contribution >= 4 is 12.1 Å². The minimum atomic E-state index is -1.24. The molecule has 1 N–H and O–H groups in total. The van der Waals surface area contributed by atoms with Crippen molar-refractivity contribution in [1.82, 2.24) is 4.90 Å². The van der Waals surface area contributed by atoms with Crippen molar-refractivity contribution in [2.45, 2.75) is 44.9 Å². The lowest BCUT2D eigenvalue weighted by atomic mass is 10.2. The highest BCUT2D eigenvalue weighted by Gasteiger charge is 2.43. The molecule has 0 radical (unpaired) electrons. The van der Waals surface area contributed by atoms with E-state index in [1.54, 1.807) is 20.8 Å². The van der Waals surface area contributed by atoms with Gasteiger partial charge in [-0.05, 0) is 32.9 Å². The number of carboxylic acid groups (broad SMARTS) is 1. The van der Waals surface area contributed by atoms with Gasteiger partial charge in [-0.2, -0.15) is 0 Å². The maximum atomic E-state index is 13.7. The number of amides is 1. The summed E-state index contributed by atoms with van der Waals surface area (Å²) in [6.07, 6.45) is -1.76. The first kappa shape index (κ1) is 18.0. The van der Waals surface area contributed by atoms with Gasteiger partial charge in [-0.3, -0.25) is 4.90 Å². The number of nitrogens with zero attached hydrogens (tertiary/aromatic N) is 1. The molecule has 1 aromatic carbocycles. The molecule has 0 unspecified atom stereocenters. The van der Waals surface area contributed by atoms with Crippen molar-refractivity contribution in [2.75, 3.05) is 6.54 Å². The largest absolute Gasteiger partial charge is 0.482 e. The summed E-state index contributed by atoms with van der Waals surface area (Å²) < 4.78 is 37.7. The van der Waals surface area contributed by atoms with Crippen LogP contribution < -0.4 is 4.74 Å². The van der Waals surface area contributed by atoms with Gasteiger partial charge < -0.3 is 14.6 Å². The second-order valence-corrected chi connectivity index (χ2v) is 6.51. The first-order chi connectivity index (χ1) is 11.1. The smallest absolute Gasteiger partial charge is 0.411 e. The summed E-state index contributed by atoms with van der Waals surface area (Å²) in [7, 11) is 0. The third-order valence-electron chi connectivity index (χ3n) is 3.38. The molecule has 6 nitrogen and oxygen atoms in total. The normalized spacial score (nSPS) is 20.8. The van der Waals surface area contributed by atoms with Crippen LogP contribution in [0.2, 0.25) is 0 Å². The first-order valence-electron chi connectivity index (χ1n) is 7.41. The van der Waals surface area contributed by atoms with E-state index in [1.165, 1.54) is 6.07 Å². The van der Waals surface area contributed by atoms with E-state index in [1.807, 2.05) is 0 Å². The summed E-state index contributed by atoms with van der Waals surface area (Å²) in [5.74, 6) is -3.60. The van der Waals surface area contributed by atoms with E-state index in [0.29, 0.717) is 0 Å². The number of para-hydroxylation sites is 1. The van der Waals surface area contributed by atoms with Gasteiger partial charge in [0.2, 0.25) is 0 Å². The topological polar surface area (TPSA) is 76.1 Å². The van der Waals surface area contributed by atoms with E-state index in [4.69, 9.17) is 9.47 Å². The van der Waals surface area contributed by atoms with Gasteiger partial charge in [0, 0.05) is 6.42 Å². The number of carbonyl (C=O) groups excluding carboxylic acids is 1. The van der Waals surface area contributed by atoms with Crippen LogP contribution in [0.1, 0.15) is 27.2 Å². The first-order valence-corrected chi connectivity index (χ1v) is 7.41. The van der Waals surface area contributed by atoms with E-state index < -0.39 is 47.2 Å². The second kappa shape index (κ2) is 6.62. The standard InChI is InChI=1S/C16H19F2NO5/c1-16(2,3)24-15(22)19-8-9(7-12(19)14(20)21)23-13-10(17)5-4-6-11(13)18/h4-6,9,12H,7-8H2,1-3H3,(H,20,21)/t9-,12-/m0/s1. The Hall–Kier alpha value is -2.38. The van der Waals surface area contributed by atoms with Crippen LogP contribution in [-0.2, 0) is 9.53 Å². The average Bonchev–Trinajstić information content (AvgIpc) is 2.85. The van der Waals surface area contributed by atoms with E-state index >= 15 is 0 Å². The Balaban J connectivity index is 2.15. The molecule has 1 aliphatic rings. The maximum Gasteiger partial charge on any atom is 0.411 e. The summed E-state index contributed by atoms with van der Waals surface area (Å²) in [6, 6.07) is 2.08. The van der Waals surface area contributed by atoms with Gasteiger partial charge in [-0.15, -0.1) is 0 Å². The number of halogens is 2. The highest BCUT2D eigenvalue weighted by atomic mass is 19.1. The Morgan fingerprint density at radius 1 is 1.25 bits per heavy atom. The summed E-state index contributed by atoms with van der Waals surface area (Å²) in [6.45, 7) is 4.82. The van der Waals surface area contributed by atoms with E-state index in [2.05, 4.69) is 0 Å². The molecule has 0 bridgehead atoms. The summed E-state index contributed by atoms with van der Waals surface area (Å²) >= 11 is 0. The van der Waals surface area contributed by atoms with Crippen LogP contribution in [0.4, 0.5) is 13.6 Å². The van der Waals surface area contributed by atoms with Crippen molar-refractivity contribution in [3.8, 4) is 5.75 Å². The molecule has 1 fully saturated rings. The molecule has 0 spiro atoms. The van der Waals surface area contributed by atoms with E-state index in [-0.39, 0.29) is 13.0 Å². The van der Waals surface area contributed by atoms with Crippen LogP contribution in [0.15, 0.2) is 18.2 Å². The zero-order valence-corrected chi connectivity index (χ0v) is 13.6. The molecular formula is C16H19F2NO5. The summed E-state index contributed by atoms with van der Waals surface area (Å²) in [4.78, 5) is 24.5. The summed E-state index contributed by atoms with van der Waals surface area (Å²) in [5.41, 5.74) is -0.795. The number of carbonyl (C=O) groups is 2. The minimum absolute atomic E-state index is 0.0949. The van der Waals surface area contributed by atoms with E-state index in [9.17, 15) is 23.5 Å². The predicted molar refractivity (Wildman–Crippen MR) is 79.8 cm³/mol. The number of likely N-dealkylation sites (tertiary alicyclic amines) is 1. The number of aliphatic carboxylic acids is 1. The average molecular weight is 343 g/mol. The van der Waals surface area contributed by atoms with E-state index in [0.717, 1.165) is 17.0 Å². The molecular weight excluding hydrogens is 324 g/mol. The number of hydrogen-bond donors (Lipinski definition) is 1. The lowest BCUT2D eigenvalue weighted by molar-refractivity contribution is -0.142. The van der Waals surface area contributed by atoms with Crippen molar-refractivity contribution in [1.29, 1.82) is 0 Å². The molecule has 8 heteroatoms. The van der Waals surface area contributed by atoms with Gasteiger partial charge in [0.05, 0.1) is 6.54 Å². The molecule has 24 heavy (non-hydrogen) atoms. The fourth-order valence-corrected chi connectivity index (χ4v) is 2.40. The molecule has 0 saturated carbocycles. The Kier molecular flexibility index (Phi) is 4.96. The van der Waals surface area contributed by atoms with Gasteiger partial charge in [-0.1, -0.05) is 6.07 Å².